The molecule has 1 aliphatic carbocycles. The van der Waals surface area contributed by atoms with E-state index in [0.29, 0.717) is 6.04 Å². The maximum atomic E-state index is 12.5. The second kappa shape index (κ2) is 8.63. The maximum Gasteiger partial charge on any atom is 0.237 e. The SMILES string of the molecule is CC(C(=O)NC1CCCCC1)N1CCN(Cc2ccccc2)CC1. The molecule has 1 unspecified atom stereocenters. The van der Waals surface area contributed by atoms with E-state index in [-0.39, 0.29) is 11.9 Å². The van der Waals surface area contributed by atoms with Crippen LogP contribution >= 0.6 is 0 Å². The highest BCUT2D eigenvalue weighted by Crippen LogP contribution is 2.18. The zero-order valence-electron chi connectivity index (χ0n) is 14.9. The van der Waals surface area contributed by atoms with Crippen molar-refractivity contribution in [3.05, 3.63) is 35.9 Å². The lowest BCUT2D eigenvalue weighted by molar-refractivity contribution is -0.127. The van der Waals surface area contributed by atoms with E-state index in [9.17, 15) is 4.79 Å². The van der Waals surface area contributed by atoms with Crippen LogP contribution in [0.5, 0.6) is 0 Å². The minimum Gasteiger partial charge on any atom is -0.352 e. The van der Waals surface area contributed by atoms with Crippen molar-refractivity contribution in [3.63, 3.8) is 0 Å². The number of nitrogens with zero attached hydrogens (tertiary/aromatic N) is 2. The number of benzene rings is 1. The smallest absolute Gasteiger partial charge is 0.237 e. The third-order valence-corrected chi connectivity index (χ3v) is 5.53. The van der Waals surface area contributed by atoms with Gasteiger partial charge in [0.25, 0.3) is 0 Å². The first-order valence-electron chi connectivity index (χ1n) is 9.53. The highest BCUT2D eigenvalue weighted by atomic mass is 16.2. The summed E-state index contributed by atoms with van der Waals surface area (Å²) in [5, 5.41) is 3.27. The minimum absolute atomic E-state index is 0.00852. The molecule has 1 N–H and O–H groups in total. The fourth-order valence-corrected chi connectivity index (χ4v) is 3.88. The van der Waals surface area contributed by atoms with Gasteiger partial charge in [0, 0.05) is 38.8 Å². The number of rotatable bonds is 5. The van der Waals surface area contributed by atoms with Crippen molar-refractivity contribution in [3.8, 4) is 0 Å². The van der Waals surface area contributed by atoms with Gasteiger partial charge in [-0.1, -0.05) is 49.6 Å². The van der Waals surface area contributed by atoms with Gasteiger partial charge in [-0.3, -0.25) is 14.6 Å². The molecule has 2 aliphatic rings. The number of hydrogen-bond acceptors (Lipinski definition) is 3. The standard InChI is InChI=1S/C20H31N3O/c1-17(20(24)21-19-10-6-3-7-11-19)23-14-12-22(13-15-23)16-18-8-4-2-5-9-18/h2,4-5,8-9,17,19H,3,6-7,10-16H2,1H3,(H,21,24). The van der Waals surface area contributed by atoms with Crippen molar-refractivity contribution in [1.82, 2.24) is 15.1 Å². The van der Waals surface area contributed by atoms with E-state index in [1.165, 1.54) is 24.8 Å². The molecule has 0 spiro atoms. The Bertz CT molecular complexity index is 505. The minimum atomic E-state index is -0.00852. The number of piperazine rings is 1. The van der Waals surface area contributed by atoms with E-state index < -0.39 is 0 Å². The Balaban J connectivity index is 1.42. The van der Waals surface area contributed by atoms with Crippen LogP contribution in [0.15, 0.2) is 30.3 Å². The van der Waals surface area contributed by atoms with Gasteiger partial charge in [-0.15, -0.1) is 0 Å². The number of carbonyl (C=O) groups is 1. The fraction of sp³-hybridized carbons (Fsp3) is 0.650. The Morgan fingerprint density at radius 1 is 1.08 bits per heavy atom. The molecule has 1 heterocycles. The predicted octanol–water partition coefficient (Wildman–Crippen LogP) is 2.64. The summed E-state index contributed by atoms with van der Waals surface area (Å²) in [4.78, 5) is 17.3. The third kappa shape index (κ3) is 4.81. The largest absolute Gasteiger partial charge is 0.352 e. The van der Waals surface area contributed by atoms with Crippen molar-refractivity contribution in [2.24, 2.45) is 0 Å². The molecule has 1 aromatic carbocycles. The lowest BCUT2D eigenvalue weighted by atomic mass is 9.95. The van der Waals surface area contributed by atoms with Crippen LogP contribution < -0.4 is 5.32 Å². The summed E-state index contributed by atoms with van der Waals surface area (Å²) in [6.45, 7) is 7.10. The van der Waals surface area contributed by atoms with Crippen LogP contribution in [0.4, 0.5) is 0 Å². The monoisotopic (exact) mass is 329 g/mol. The van der Waals surface area contributed by atoms with Crippen molar-refractivity contribution in [2.75, 3.05) is 26.2 Å². The quantitative estimate of drug-likeness (QED) is 0.902. The van der Waals surface area contributed by atoms with Crippen molar-refractivity contribution in [1.29, 1.82) is 0 Å². The lowest BCUT2D eigenvalue weighted by Gasteiger charge is -2.38. The Kier molecular flexibility index (Phi) is 6.27. The molecule has 132 valence electrons. The third-order valence-electron chi connectivity index (χ3n) is 5.53. The highest BCUT2D eigenvalue weighted by Gasteiger charge is 2.27. The van der Waals surface area contributed by atoms with E-state index in [1.807, 2.05) is 0 Å². The van der Waals surface area contributed by atoms with E-state index in [2.05, 4.69) is 52.4 Å². The first-order chi connectivity index (χ1) is 11.7. The first kappa shape index (κ1) is 17.4. The first-order valence-corrected chi connectivity index (χ1v) is 9.53. The van der Waals surface area contributed by atoms with Crippen molar-refractivity contribution >= 4 is 5.91 Å². The molecule has 0 bridgehead atoms. The van der Waals surface area contributed by atoms with Crippen LogP contribution in [0.1, 0.15) is 44.6 Å². The molecular weight excluding hydrogens is 298 g/mol. The summed E-state index contributed by atoms with van der Waals surface area (Å²) in [6.07, 6.45) is 6.16. The molecule has 1 aliphatic heterocycles. The van der Waals surface area contributed by atoms with Crippen LogP contribution in [0.2, 0.25) is 0 Å². The van der Waals surface area contributed by atoms with Gasteiger partial charge in [0.05, 0.1) is 6.04 Å². The predicted molar refractivity (Wildman–Crippen MR) is 97.8 cm³/mol. The molecule has 0 radical (unpaired) electrons. The molecule has 4 nitrogen and oxygen atoms in total. The molecule has 1 atom stereocenters. The van der Waals surface area contributed by atoms with Crippen LogP contribution in [0, 0.1) is 0 Å². The molecule has 0 aromatic heterocycles. The Morgan fingerprint density at radius 2 is 1.75 bits per heavy atom. The summed E-state index contributed by atoms with van der Waals surface area (Å²) >= 11 is 0. The van der Waals surface area contributed by atoms with Gasteiger partial charge < -0.3 is 5.32 Å². The summed E-state index contributed by atoms with van der Waals surface area (Å²) in [5.74, 6) is 0.221. The summed E-state index contributed by atoms with van der Waals surface area (Å²) in [7, 11) is 0. The van der Waals surface area contributed by atoms with Gasteiger partial charge in [-0.05, 0) is 25.3 Å². The molecule has 24 heavy (non-hydrogen) atoms. The second-order valence-corrected chi connectivity index (χ2v) is 7.32. The molecule has 4 heteroatoms. The number of hydrogen-bond donors (Lipinski definition) is 1. The Hall–Kier alpha value is -1.39. The molecule has 1 amide bonds. The zero-order chi connectivity index (χ0) is 16.8. The Morgan fingerprint density at radius 3 is 2.42 bits per heavy atom. The number of nitrogens with one attached hydrogen (secondary N) is 1. The average Bonchev–Trinajstić information content (AvgIpc) is 2.63. The topological polar surface area (TPSA) is 35.6 Å². The van der Waals surface area contributed by atoms with Gasteiger partial charge in [-0.25, -0.2) is 0 Å². The summed E-state index contributed by atoms with van der Waals surface area (Å²) < 4.78 is 0. The van der Waals surface area contributed by atoms with Crippen LogP contribution in [0.3, 0.4) is 0 Å². The number of carbonyl (C=O) groups excluding carboxylic acids is 1. The van der Waals surface area contributed by atoms with Crippen LogP contribution in [0.25, 0.3) is 0 Å². The van der Waals surface area contributed by atoms with E-state index in [1.54, 1.807) is 0 Å². The molecule has 1 aromatic rings. The Labute approximate surface area is 146 Å². The van der Waals surface area contributed by atoms with E-state index >= 15 is 0 Å². The average molecular weight is 329 g/mol. The van der Waals surface area contributed by atoms with Crippen molar-refractivity contribution < 1.29 is 4.79 Å². The molecule has 2 fully saturated rings. The maximum absolute atomic E-state index is 12.5. The summed E-state index contributed by atoms with van der Waals surface area (Å²) in [6, 6.07) is 11.0. The van der Waals surface area contributed by atoms with Crippen LogP contribution in [-0.4, -0.2) is 54.0 Å². The van der Waals surface area contributed by atoms with Crippen LogP contribution in [-0.2, 0) is 11.3 Å². The molecule has 1 saturated carbocycles. The fourth-order valence-electron chi connectivity index (χ4n) is 3.88. The van der Waals surface area contributed by atoms with E-state index in [0.717, 1.165) is 45.6 Å². The second-order valence-electron chi connectivity index (χ2n) is 7.32. The lowest BCUT2D eigenvalue weighted by Crippen LogP contribution is -2.54. The normalized spacial score (nSPS) is 22.2. The van der Waals surface area contributed by atoms with Gasteiger partial charge >= 0.3 is 0 Å². The van der Waals surface area contributed by atoms with Gasteiger partial charge in [0.2, 0.25) is 5.91 Å². The van der Waals surface area contributed by atoms with Gasteiger partial charge in [0.1, 0.15) is 0 Å². The molecule has 1 saturated heterocycles. The van der Waals surface area contributed by atoms with E-state index in [4.69, 9.17) is 0 Å². The van der Waals surface area contributed by atoms with Crippen molar-refractivity contribution in [2.45, 2.75) is 57.7 Å². The molecular formula is C20H31N3O. The highest BCUT2D eigenvalue weighted by molar-refractivity contribution is 5.81. The van der Waals surface area contributed by atoms with Gasteiger partial charge in [-0.2, -0.15) is 0 Å². The summed E-state index contributed by atoms with van der Waals surface area (Å²) in [5.41, 5.74) is 1.37. The zero-order valence-corrected chi connectivity index (χ0v) is 14.9. The van der Waals surface area contributed by atoms with Gasteiger partial charge in [0.15, 0.2) is 0 Å². The number of amides is 1. The molecule has 3 rings (SSSR count).